The molecule has 1 N–H and O–H groups in total. The summed E-state index contributed by atoms with van der Waals surface area (Å²) in [6.07, 6.45) is 3.19. The summed E-state index contributed by atoms with van der Waals surface area (Å²) in [6, 6.07) is 20.5. The molecule has 1 unspecified atom stereocenters. The Morgan fingerprint density at radius 2 is 1.71 bits per heavy atom. The second-order valence-corrected chi connectivity index (χ2v) is 9.03. The molecule has 3 aromatic carbocycles. The quantitative estimate of drug-likeness (QED) is 0.163. The van der Waals surface area contributed by atoms with Crippen LogP contribution in [0.2, 0.25) is 5.02 Å². The van der Waals surface area contributed by atoms with Crippen molar-refractivity contribution in [3.8, 4) is 5.75 Å². The molecule has 180 valence electrons. The summed E-state index contributed by atoms with van der Waals surface area (Å²) < 4.78 is 5.76. The highest BCUT2D eigenvalue weighted by atomic mass is 35.5. The van der Waals surface area contributed by atoms with Gasteiger partial charge in [-0.2, -0.15) is 0 Å². The Hall–Kier alpha value is -3.57. The number of hydrogen-bond acceptors (Lipinski definition) is 4. The van der Waals surface area contributed by atoms with Crippen LogP contribution in [0.15, 0.2) is 78.4 Å². The zero-order chi connectivity index (χ0) is 24.9. The second-order valence-electron chi connectivity index (χ2n) is 8.59. The van der Waals surface area contributed by atoms with Gasteiger partial charge in [0.25, 0.3) is 11.7 Å². The molecule has 0 radical (unpaired) electrons. The summed E-state index contributed by atoms with van der Waals surface area (Å²) in [5.41, 5.74) is 2.51. The van der Waals surface area contributed by atoms with Gasteiger partial charge >= 0.3 is 0 Å². The fourth-order valence-corrected chi connectivity index (χ4v) is 4.45. The first-order valence-electron chi connectivity index (χ1n) is 11.8. The van der Waals surface area contributed by atoms with Gasteiger partial charge in [-0.15, -0.1) is 0 Å². The highest BCUT2D eigenvalue weighted by molar-refractivity contribution is 6.52. The molecule has 1 aliphatic rings. The Morgan fingerprint density at radius 1 is 1.00 bits per heavy atom. The zero-order valence-corrected chi connectivity index (χ0v) is 20.6. The largest absolute Gasteiger partial charge is 0.507 e. The van der Waals surface area contributed by atoms with Gasteiger partial charge in [0.15, 0.2) is 0 Å². The second kappa shape index (κ2) is 10.8. The van der Waals surface area contributed by atoms with Gasteiger partial charge in [-0.1, -0.05) is 67.8 Å². The molecule has 0 bridgehead atoms. The number of ketones is 1. The number of anilines is 1. The van der Waals surface area contributed by atoms with E-state index in [1.54, 1.807) is 42.5 Å². The fraction of sp³-hybridized carbons (Fsp3) is 0.241. The van der Waals surface area contributed by atoms with Crippen molar-refractivity contribution in [1.82, 2.24) is 0 Å². The predicted molar refractivity (Wildman–Crippen MR) is 139 cm³/mol. The number of rotatable bonds is 8. The van der Waals surface area contributed by atoms with E-state index in [1.165, 1.54) is 4.90 Å². The van der Waals surface area contributed by atoms with Crippen molar-refractivity contribution in [1.29, 1.82) is 0 Å². The molecule has 6 heteroatoms. The third kappa shape index (κ3) is 5.10. The SMILES string of the molecule is CCCCCOc1ccc(/C(O)=C2\C(=O)C(=O)N(c3cc(Cl)ccc3C)C2c2ccccc2)cc1. The molecule has 1 fully saturated rings. The first kappa shape index (κ1) is 24.6. The van der Waals surface area contributed by atoms with E-state index in [4.69, 9.17) is 16.3 Å². The first-order chi connectivity index (χ1) is 16.9. The highest BCUT2D eigenvalue weighted by Gasteiger charge is 2.47. The van der Waals surface area contributed by atoms with Crippen LogP contribution in [0.3, 0.4) is 0 Å². The third-order valence-electron chi connectivity index (χ3n) is 6.13. The molecule has 1 saturated heterocycles. The van der Waals surface area contributed by atoms with E-state index < -0.39 is 17.7 Å². The molecule has 1 amide bonds. The number of amides is 1. The van der Waals surface area contributed by atoms with Crippen LogP contribution in [0.5, 0.6) is 5.75 Å². The molecule has 0 aromatic heterocycles. The van der Waals surface area contributed by atoms with Crippen molar-refractivity contribution in [2.45, 2.75) is 39.2 Å². The lowest BCUT2D eigenvalue weighted by atomic mass is 9.95. The van der Waals surface area contributed by atoms with E-state index in [-0.39, 0.29) is 11.3 Å². The fourth-order valence-electron chi connectivity index (χ4n) is 4.28. The minimum absolute atomic E-state index is 0.0391. The number of unbranched alkanes of at least 4 members (excludes halogenated alkanes) is 2. The van der Waals surface area contributed by atoms with Crippen molar-refractivity contribution in [3.05, 3.63) is 100 Å². The van der Waals surface area contributed by atoms with Crippen LogP contribution in [-0.4, -0.2) is 23.4 Å². The summed E-state index contributed by atoms with van der Waals surface area (Å²) in [5.74, 6) is -0.985. The number of halogens is 1. The maximum absolute atomic E-state index is 13.3. The van der Waals surface area contributed by atoms with Gasteiger partial charge in [0.1, 0.15) is 11.5 Å². The van der Waals surface area contributed by atoms with Gasteiger partial charge in [0, 0.05) is 16.3 Å². The Balaban J connectivity index is 1.77. The summed E-state index contributed by atoms with van der Waals surface area (Å²) in [7, 11) is 0. The van der Waals surface area contributed by atoms with Gasteiger partial charge in [-0.25, -0.2) is 0 Å². The van der Waals surface area contributed by atoms with Crippen LogP contribution in [0.1, 0.15) is 48.9 Å². The molecule has 1 heterocycles. The number of carbonyl (C=O) groups excluding carboxylic acids is 2. The van der Waals surface area contributed by atoms with Crippen LogP contribution in [-0.2, 0) is 9.59 Å². The Labute approximate surface area is 210 Å². The number of Topliss-reactive ketones (excluding diaryl/α,β-unsaturated/α-hetero) is 1. The number of ether oxygens (including phenoxy) is 1. The lowest BCUT2D eigenvalue weighted by Crippen LogP contribution is -2.30. The highest BCUT2D eigenvalue weighted by Crippen LogP contribution is 2.43. The first-order valence-corrected chi connectivity index (χ1v) is 12.2. The average Bonchev–Trinajstić information content (AvgIpc) is 3.14. The number of aliphatic hydroxyl groups excluding tert-OH is 1. The molecule has 0 spiro atoms. The Bertz CT molecular complexity index is 1250. The molecule has 0 saturated carbocycles. The van der Waals surface area contributed by atoms with Crippen LogP contribution in [0, 0.1) is 6.92 Å². The molecule has 4 rings (SSSR count). The van der Waals surface area contributed by atoms with Gasteiger partial charge < -0.3 is 9.84 Å². The smallest absolute Gasteiger partial charge is 0.300 e. The number of benzene rings is 3. The monoisotopic (exact) mass is 489 g/mol. The maximum Gasteiger partial charge on any atom is 0.300 e. The van der Waals surface area contributed by atoms with Gasteiger partial charge in [-0.05, 0) is 60.9 Å². The summed E-state index contributed by atoms with van der Waals surface area (Å²) in [4.78, 5) is 28.0. The molecule has 5 nitrogen and oxygen atoms in total. The van der Waals surface area contributed by atoms with Crippen molar-refractivity contribution in [2.75, 3.05) is 11.5 Å². The normalized spacial score (nSPS) is 17.1. The minimum atomic E-state index is -0.793. The van der Waals surface area contributed by atoms with Crippen molar-refractivity contribution >= 4 is 34.7 Å². The van der Waals surface area contributed by atoms with Gasteiger partial charge in [-0.3, -0.25) is 14.5 Å². The number of carbonyl (C=O) groups is 2. The number of aliphatic hydroxyl groups is 1. The molecular weight excluding hydrogens is 462 g/mol. The standard InChI is InChI=1S/C29H28ClNO4/c1-3-4-8-17-35-23-15-12-21(13-16-23)27(32)25-26(20-9-6-5-7-10-20)31(29(34)28(25)33)24-18-22(30)14-11-19(24)2/h5-7,9-16,18,26,32H,3-4,8,17H2,1-2H3/b27-25+. The van der Waals surface area contributed by atoms with Crippen LogP contribution in [0.4, 0.5) is 5.69 Å². The van der Waals surface area contributed by atoms with E-state index in [2.05, 4.69) is 6.92 Å². The topological polar surface area (TPSA) is 66.8 Å². The van der Waals surface area contributed by atoms with E-state index >= 15 is 0 Å². The number of aryl methyl sites for hydroxylation is 1. The van der Waals surface area contributed by atoms with Crippen LogP contribution >= 0.6 is 11.6 Å². The lowest BCUT2D eigenvalue weighted by Gasteiger charge is -2.27. The van der Waals surface area contributed by atoms with Crippen molar-refractivity contribution < 1.29 is 19.4 Å². The predicted octanol–water partition coefficient (Wildman–Crippen LogP) is 6.84. The Kier molecular flexibility index (Phi) is 7.57. The lowest BCUT2D eigenvalue weighted by molar-refractivity contribution is -0.132. The van der Waals surface area contributed by atoms with Crippen molar-refractivity contribution in [2.24, 2.45) is 0 Å². The van der Waals surface area contributed by atoms with E-state index in [0.717, 1.165) is 24.8 Å². The third-order valence-corrected chi connectivity index (χ3v) is 6.37. The summed E-state index contributed by atoms with van der Waals surface area (Å²) in [5, 5.41) is 11.7. The molecule has 1 aliphatic heterocycles. The van der Waals surface area contributed by atoms with Crippen LogP contribution < -0.4 is 9.64 Å². The summed E-state index contributed by atoms with van der Waals surface area (Å²) in [6.45, 7) is 4.61. The number of nitrogens with zero attached hydrogens (tertiary/aromatic N) is 1. The van der Waals surface area contributed by atoms with E-state index in [0.29, 0.717) is 34.2 Å². The van der Waals surface area contributed by atoms with E-state index in [1.807, 2.05) is 37.3 Å². The molecule has 1 atom stereocenters. The summed E-state index contributed by atoms with van der Waals surface area (Å²) >= 11 is 6.24. The number of hydrogen-bond donors (Lipinski definition) is 1. The molecule has 3 aromatic rings. The van der Waals surface area contributed by atoms with Crippen LogP contribution in [0.25, 0.3) is 5.76 Å². The van der Waals surface area contributed by atoms with Crippen molar-refractivity contribution in [3.63, 3.8) is 0 Å². The van der Waals surface area contributed by atoms with Gasteiger partial charge in [0.2, 0.25) is 0 Å². The van der Waals surface area contributed by atoms with Gasteiger partial charge in [0.05, 0.1) is 18.2 Å². The minimum Gasteiger partial charge on any atom is -0.507 e. The molecule has 0 aliphatic carbocycles. The Morgan fingerprint density at radius 3 is 2.40 bits per heavy atom. The average molecular weight is 490 g/mol. The zero-order valence-electron chi connectivity index (χ0n) is 19.8. The maximum atomic E-state index is 13.3. The molecule has 35 heavy (non-hydrogen) atoms. The molecular formula is C29H28ClNO4. The van der Waals surface area contributed by atoms with E-state index in [9.17, 15) is 14.7 Å².